The fourth-order valence-corrected chi connectivity index (χ4v) is 15.4. The number of pyridine rings is 5. The second-order valence-electron chi connectivity index (χ2n) is 36.6. The normalized spacial score (nSPS) is 18.9. The Balaban J connectivity index is 0.000000138. The number of rotatable bonds is 8. The first-order chi connectivity index (χ1) is 56.7. The number of likely N-dealkylation sites (tertiary alicyclic amines) is 2. The molecule has 0 radical (unpaired) electrons. The van der Waals surface area contributed by atoms with E-state index in [1.165, 1.54) is 0 Å². The summed E-state index contributed by atoms with van der Waals surface area (Å²) in [5, 5.41) is 14.3. The maximum atomic E-state index is 13.6. The van der Waals surface area contributed by atoms with Crippen molar-refractivity contribution in [2.75, 3.05) is 26.2 Å². The topological polar surface area (TPSA) is 286 Å². The van der Waals surface area contributed by atoms with Crippen molar-refractivity contribution in [3.05, 3.63) is 171 Å². The smallest absolute Gasteiger partial charge is 0.444 e. The van der Waals surface area contributed by atoms with Gasteiger partial charge in [-0.1, -0.05) is 34.1 Å². The number of amides is 2. The molecule has 5 fully saturated rings. The predicted octanol–water partition coefficient (Wildman–Crippen LogP) is 15.4. The molecule has 5 saturated heterocycles. The Labute approximate surface area is 723 Å². The van der Waals surface area contributed by atoms with Crippen LogP contribution in [-0.4, -0.2) is 187 Å². The van der Waals surface area contributed by atoms with E-state index >= 15 is 0 Å². The van der Waals surface area contributed by atoms with Crippen LogP contribution in [0.3, 0.4) is 0 Å². The van der Waals surface area contributed by atoms with E-state index < -0.39 is 25.2 Å². The number of fused-ring (bicyclic) bond motifs is 6. The Morgan fingerprint density at radius 2 is 0.802 bits per heavy atom. The summed E-state index contributed by atoms with van der Waals surface area (Å²) in [5.74, 6) is 0. The number of piperidine rings is 2. The van der Waals surface area contributed by atoms with Gasteiger partial charge in [-0.25, -0.2) is 19.2 Å². The van der Waals surface area contributed by atoms with E-state index in [2.05, 4.69) is 78.1 Å². The van der Waals surface area contributed by atoms with E-state index in [0.717, 1.165) is 129 Å². The molecule has 5 aliphatic heterocycles. The van der Waals surface area contributed by atoms with E-state index in [4.69, 9.17) is 37.4 Å². The second kappa shape index (κ2) is 34.2. The molecular formula is C87H110B3Br2N17O12. The Kier molecular flexibility index (Phi) is 25.2. The zero-order valence-electron chi connectivity index (χ0n) is 73.6. The first-order valence-electron chi connectivity index (χ1n) is 40.9. The average molecular weight is 1780 g/mol. The van der Waals surface area contributed by atoms with Crippen molar-refractivity contribution in [1.82, 2.24) is 82.3 Å². The largest absolute Gasteiger partial charge is 0.496 e. The number of halogens is 2. The van der Waals surface area contributed by atoms with Gasteiger partial charge < -0.3 is 47.2 Å². The molecule has 10 aromatic heterocycles. The van der Waals surface area contributed by atoms with Gasteiger partial charge in [-0.3, -0.25) is 57.2 Å². The molecule has 0 N–H and O–H groups in total. The molecular weight excluding hydrogens is 1670 g/mol. The fraction of sp³-hybridized carbons (Fsp3) is 0.471. The highest BCUT2D eigenvalue weighted by molar-refractivity contribution is 9.10. The zero-order valence-corrected chi connectivity index (χ0v) is 76.8. The Morgan fingerprint density at radius 3 is 1.17 bits per heavy atom. The zero-order chi connectivity index (χ0) is 87.6. The van der Waals surface area contributed by atoms with Gasteiger partial charge in [0.2, 0.25) is 0 Å². The molecule has 5 aliphatic rings. The number of nitrogens with zero attached hydrogens (tertiary/aromatic N) is 17. The number of imidazole rings is 2. The molecule has 638 valence electrons. The van der Waals surface area contributed by atoms with Gasteiger partial charge in [0.25, 0.3) is 0 Å². The maximum absolute atomic E-state index is 13.6. The highest BCUT2D eigenvalue weighted by Gasteiger charge is 2.64. The monoisotopic (exact) mass is 1780 g/mol. The molecule has 2 aromatic carbocycles. The standard InChI is InChI=1S/C30H33N7O3.C21H25BrN4O3.C15H20BN3O2.C12H24B2O4.C9H8BrN3/c1-30(2,3)40-29(39)36-12-6-7-22(18-36)37-27-23-13-19(8-11-25(23)32-16-26(27)35(5)28(37)38)20-9-10-24(31-14-20)21-15-33-34(4)17-21;1-21(2,3)29-20(28)25-9-5-6-14(12-25)26-18-15-10-13(22)7-8-16(15)23-11-17(18)24(4)19(26)27;1-14(2)15(3,4)21-16(20-14)12-6-7-13(17-9-12)11-8-18-19(5)10-11;1-9(2)10(3,4)16-13(15-9)14-17-11(5,6)12(7,8)18-14;1-13-6-7(4-12-13)9-3-2-8(10)5-11-9/h8-11,13-17,22H,6-7,12,18H2,1-5H3;7-8,10-11,14H,5-6,9,12H2,1-4H3;6-10H,1-5H3;1-8H3;2-6H,1H3. The van der Waals surface area contributed by atoms with E-state index in [9.17, 15) is 19.2 Å². The summed E-state index contributed by atoms with van der Waals surface area (Å²) in [6, 6.07) is 23.6. The van der Waals surface area contributed by atoms with Gasteiger partial charge in [0.1, 0.15) is 11.2 Å². The van der Waals surface area contributed by atoms with Gasteiger partial charge in [-0.05, 0) is 226 Å². The van der Waals surface area contributed by atoms with Crippen molar-refractivity contribution in [2.45, 2.75) is 207 Å². The number of ether oxygens (including phenoxy) is 2. The number of carbonyl (C=O) groups is 2. The van der Waals surface area contributed by atoms with Crippen LogP contribution in [0.15, 0.2) is 159 Å². The van der Waals surface area contributed by atoms with Crippen molar-refractivity contribution in [3.8, 4) is 44.9 Å². The van der Waals surface area contributed by atoms with Crippen LogP contribution in [0.4, 0.5) is 9.59 Å². The minimum absolute atomic E-state index is 0.0923. The number of hydrogen-bond acceptors (Lipinski definition) is 20. The molecule has 12 aromatic rings. The fourth-order valence-electron chi connectivity index (χ4n) is 14.8. The van der Waals surface area contributed by atoms with Crippen molar-refractivity contribution in [2.24, 2.45) is 35.2 Å². The molecule has 34 heteroatoms. The lowest BCUT2D eigenvalue weighted by Gasteiger charge is -2.34. The maximum Gasteiger partial charge on any atom is 0.496 e. The molecule has 0 aliphatic carbocycles. The summed E-state index contributed by atoms with van der Waals surface area (Å²) >= 11 is 6.87. The first kappa shape index (κ1) is 89.1. The summed E-state index contributed by atoms with van der Waals surface area (Å²) in [4.78, 5) is 78.3. The van der Waals surface area contributed by atoms with Gasteiger partial charge in [0, 0.05) is 146 Å². The first-order valence-corrected chi connectivity index (χ1v) is 42.4. The number of carbonyl (C=O) groups excluding carboxylic acids is 2. The highest BCUT2D eigenvalue weighted by Crippen LogP contribution is 2.44. The number of aromatic nitrogens is 15. The van der Waals surface area contributed by atoms with E-state index in [1.54, 1.807) is 84.3 Å². The van der Waals surface area contributed by atoms with Crippen LogP contribution in [0.5, 0.6) is 0 Å². The lowest BCUT2D eigenvalue weighted by Crippen LogP contribution is -2.45. The molecule has 2 atom stereocenters. The third kappa shape index (κ3) is 19.4. The molecule has 15 heterocycles. The summed E-state index contributed by atoms with van der Waals surface area (Å²) in [5.41, 5.74) is 9.98. The molecule has 17 rings (SSSR count). The van der Waals surface area contributed by atoms with E-state index in [0.29, 0.717) is 26.2 Å². The minimum atomic E-state index is -0.580. The average Bonchev–Trinajstić information content (AvgIpc) is 1.60. The van der Waals surface area contributed by atoms with Crippen LogP contribution in [0, 0.1) is 0 Å². The molecule has 0 bridgehead atoms. The summed E-state index contributed by atoms with van der Waals surface area (Å²) < 4.78 is 61.2. The number of aryl methyl sites for hydroxylation is 5. The van der Waals surface area contributed by atoms with Crippen molar-refractivity contribution in [3.63, 3.8) is 0 Å². The molecule has 121 heavy (non-hydrogen) atoms. The van der Waals surface area contributed by atoms with Crippen LogP contribution >= 0.6 is 31.9 Å². The summed E-state index contributed by atoms with van der Waals surface area (Å²) in [6.45, 7) is 37.7. The van der Waals surface area contributed by atoms with Crippen LogP contribution in [0.2, 0.25) is 0 Å². The third-order valence-corrected chi connectivity index (χ3v) is 24.5. The van der Waals surface area contributed by atoms with Crippen LogP contribution in [0.1, 0.15) is 162 Å². The van der Waals surface area contributed by atoms with Gasteiger partial charge >= 0.3 is 44.7 Å². The molecule has 2 amide bonds. The van der Waals surface area contributed by atoms with E-state index in [-0.39, 0.29) is 76.4 Å². The highest BCUT2D eigenvalue weighted by atomic mass is 79.9. The number of hydrogen-bond donors (Lipinski definition) is 0. The SMILES string of the molecule is CC1(C)OB(B2OC(C)(C)C(C)(C)O2)OC1(C)C.Cn1c(=O)n(C2CCCN(C(=O)OC(C)(C)C)C2)c2c3cc(Br)ccc3ncc21.Cn1cc(-c2ccc(-c3ccc4ncc5c(c4c3)n(C3CCCN(C(=O)OC(C)(C)C)C3)c(=O)n5C)cn2)cn1.Cn1cc(-c2ccc(B3OC(C)(C)C(C)(C)O3)cn2)cn1.Cn1cc(-c2ccc(Br)cn2)cn1. The third-order valence-electron chi connectivity index (χ3n) is 23.5. The minimum Gasteiger partial charge on any atom is -0.444 e. The van der Waals surface area contributed by atoms with Crippen molar-refractivity contribution in [1.29, 1.82) is 0 Å². The van der Waals surface area contributed by atoms with Gasteiger partial charge in [0.15, 0.2) is 0 Å². The summed E-state index contributed by atoms with van der Waals surface area (Å²) in [7, 11) is 7.88. The van der Waals surface area contributed by atoms with Crippen LogP contribution in [0.25, 0.3) is 88.8 Å². The molecule has 0 spiro atoms. The lowest BCUT2D eigenvalue weighted by atomic mass is 9.49. The van der Waals surface area contributed by atoms with E-state index in [1.807, 2.05) is 253 Å². The van der Waals surface area contributed by atoms with Crippen LogP contribution < -0.4 is 16.8 Å². The lowest BCUT2D eigenvalue weighted by molar-refractivity contribution is 0.00578. The van der Waals surface area contributed by atoms with Gasteiger partial charge in [-0.15, -0.1) is 0 Å². The molecule has 0 saturated carbocycles. The molecule has 2 unspecified atom stereocenters. The van der Waals surface area contributed by atoms with Gasteiger partial charge in [0.05, 0.1) is 127 Å². The second-order valence-corrected chi connectivity index (χ2v) is 38.4. The predicted molar refractivity (Wildman–Crippen MR) is 479 cm³/mol. The number of benzene rings is 2. The van der Waals surface area contributed by atoms with Gasteiger partial charge in [-0.2, -0.15) is 15.3 Å². The molecule has 29 nitrogen and oxygen atoms in total. The Morgan fingerprint density at radius 1 is 0.430 bits per heavy atom. The quantitative estimate of drug-likeness (QED) is 0.128. The Bertz CT molecular complexity index is 5820. The Hall–Kier alpha value is -9.67. The summed E-state index contributed by atoms with van der Waals surface area (Å²) in [6.07, 6.45) is 22.7. The van der Waals surface area contributed by atoms with Crippen molar-refractivity contribution < 1.29 is 47.0 Å². The van der Waals surface area contributed by atoms with Crippen molar-refractivity contribution >= 4 is 115 Å². The van der Waals surface area contributed by atoms with Crippen LogP contribution in [-0.2, 0) is 72.6 Å².